The topological polar surface area (TPSA) is 0 Å². The van der Waals surface area contributed by atoms with Crippen molar-refractivity contribution in [3.8, 4) is 44.5 Å². The van der Waals surface area contributed by atoms with Crippen molar-refractivity contribution in [2.75, 3.05) is 0 Å². The second kappa shape index (κ2) is 9.55. The normalized spacial score (nSPS) is 15.0. The molecule has 8 aromatic rings. The number of hydrogen-bond acceptors (Lipinski definition) is 0. The van der Waals surface area contributed by atoms with Gasteiger partial charge in [0.05, 0.1) is 0 Å². The molecule has 0 amide bonds. The molecule has 48 heavy (non-hydrogen) atoms. The van der Waals surface area contributed by atoms with Crippen LogP contribution < -0.4 is 0 Å². The van der Waals surface area contributed by atoms with Crippen molar-refractivity contribution in [3.05, 3.63) is 168 Å². The molecule has 228 valence electrons. The molecule has 0 saturated carbocycles. The number of hydrogen-bond donors (Lipinski definition) is 0. The van der Waals surface area contributed by atoms with E-state index in [1.807, 2.05) is 0 Å². The monoisotopic (exact) mass is 612 g/mol. The molecule has 0 nitrogen and oxygen atoms in total. The SMILES string of the molecule is CC1(C)c2ccccc2-c2ccc(-c3ccc(-c4ccc5ccc6c7cc8c(cc7ccc6c5c4)C(C)(C)c4ccccc4-8)cc3)cc21. The fraction of sp³-hybridized carbons (Fsp3) is 0.125. The zero-order valence-corrected chi connectivity index (χ0v) is 27.9. The highest BCUT2D eigenvalue weighted by Crippen LogP contribution is 2.51. The maximum atomic E-state index is 2.45. The first kappa shape index (κ1) is 27.6. The third-order valence-corrected chi connectivity index (χ3v) is 11.7. The highest BCUT2D eigenvalue weighted by Gasteiger charge is 2.36. The average Bonchev–Trinajstić information content (AvgIpc) is 3.49. The van der Waals surface area contributed by atoms with Gasteiger partial charge in [0.2, 0.25) is 0 Å². The number of fused-ring (bicyclic) bond motifs is 11. The van der Waals surface area contributed by atoms with Crippen LogP contribution in [0.3, 0.4) is 0 Å². The summed E-state index contributed by atoms with van der Waals surface area (Å²) in [6.07, 6.45) is 0. The third kappa shape index (κ3) is 3.72. The molecule has 0 saturated heterocycles. The highest BCUT2D eigenvalue weighted by molar-refractivity contribution is 6.18. The van der Waals surface area contributed by atoms with Crippen LogP contribution in [0.25, 0.3) is 76.8 Å². The molecule has 8 aromatic carbocycles. The van der Waals surface area contributed by atoms with Gasteiger partial charge in [-0.1, -0.05) is 149 Å². The van der Waals surface area contributed by atoms with Crippen molar-refractivity contribution in [1.29, 1.82) is 0 Å². The molecule has 0 radical (unpaired) electrons. The van der Waals surface area contributed by atoms with Crippen LogP contribution in [-0.4, -0.2) is 0 Å². The van der Waals surface area contributed by atoms with Crippen molar-refractivity contribution >= 4 is 32.3 Å². The average molecular weight is 613 g/mol. The lowest BCUT2D eigenvalue weighted by Gasteiger charge is -2.22. The Labute approximate surface area is 282 Å². The summed E-state index contributed by atoms with van der Waals surface area (Å²) < 4.78 is 0. The molecule has 0 spiro atoms. The first-order valence-electron chi connectivity index (χ1n) is 17.2. The van der Waals surface area contributed by atoms with Crippen LogP contribution in [0.4, 0.5) is 0 Å². The standard InChI is InChI=1S/C48H36/c1-47(2)43-11-7-5-9-37(43)39-24-20-33(26-45(39)47)30-15-13-29(14-16-30)32-18-17-31-19-22-36-35(40(31)25-32)23-21-34-27-46-42(28-41(34)36)38-10-6-8-12-44(38)48(46,3)4/h5-28H,1-4H3. The lowest BCUT2D eigenvalue weighted by molar-refractivity contribution is 0.660. The van der Waals surface area contributed by atoms with Crippen molar-refractivity contribution in [1.82, 2.24) is 0 Å². The van der Waals surface area contributed by atoms with Crippen LogP contribution in [0.2, 0.25) is 0 Å². The molecule has 0 aliphatic heterocycles. The van der Waals surface area contributed by atoms with Gasteiger partial charge in [-0.15, -0.1) is 0 Å². The van der Waals surface area contributed by atoms with E-state index in [0.29, 0.717) is 0 Å². The smallest absolute Gasteiger partial charge is 0.0159 e. The summed E-state index contributed by atoms with van der Waals surface area (Å²) in [5.74, 6) is 0. The van der Waals surface area contributed by atoms with Crippen LogP contribution in [0.15, 0.2) is 146 Å². The molecule has 0 fully saturated rings. The van der Waals surface area contributed by atoms with Crippen molar-refractivity contribution in [2.24, 2.45) is 0 Å². The molecular weight excluding hydrogens is 577 g/mol. The Morgan fingerprint density at radius 2 is 0.750 bits per heavy atom. The van der Waals surface area contributed by atoms with E-state index < -0.39 is 0 Å². The lowest BCUT2D eigenvalue weighted by Crippen LogP contribution is -2.14. The van der Waals surface area contributed by atoms with E-state index in [2.05, 4.69) is 173 Å². The Morgan fingerprint density at radius 1 is 0.292 bits per heavy atom. The first-order chi connectivity index (χ1) is 23.3. The Balaban J connectivity index is 1.05. The predicted molar refractivity (Wildman–Crippen MR) is 205 cm³/mol. The van der Waals surface area contributed by atoms with Gasteiger partial charge < -0.3 is 0 Å². The predicted octanol–water partition coefficient (Wildman–Crippen LogP) is 13.1. The van der Waals surface area contributed by atoms with E-state index in [1.54, 1.807) is 0 Å². The van der Waals surface area contributed by atoms with E-state index in [-0.39, 0.29) is 10.8 Å². The Kier molecular flexibility index (Phi) is 5.50. The van der Waals surface area contributed by atoms with Gasteiger partial charge in [0, 0.05) is 10.8 Å². The number of benzene rings is 8. The van der Waals surface area contributed by atoms with Gasteiger partial charge in [0.1, 0.15) is 0 Å². The molecule has 0 heteroatoms. The van der Waals surface area contributed by atoms with E-state index in [4.69, 9.17) is 0 Å². The van der Waals surface area contributed by atoms with Gasteiger partial charge in [-0.05, 0) is 123 Å². The maximum Gasteiger partial charge on any atom is 0.0159 e. The van der Waals surface area contributed by atoms with Crippen LogP contribution in [0.5, 0.6) is 0 Å². The Morgan fingerprint density at radius 3 is 1.42 bits per heavy atom. The molecular formula is C48H36. The second-order valence-electron chi connectivity index (χ2n) is 15.0. The zero-order chi connectivity index (χ0) is 32.4. The lowest BCUT2D eigenvalue weighted by atomic mass is 9.81. The molecule has 0 bridgehead atoms. The van der Waals surface area contributed by atoms with Crippen molar-refractivity contribution in [2.45, 2.75) is 38.5 Å². The van der Waals surface area contributed by atoms with Gasteiger partial charge in [-0.25, -0.2) is 0 Å². The highest BCUT2D eigenvalue weighted by atomic mass is 14.4. The summed E-state index contributed by atoms with van der Waals surface area (Å²) in [5, 5.41) is 7.85. The minimum Gasteiger partial charge on any atom is -0.0619 e. The van der Waals surface area contributed by atoms with Crippen LogP contribution in [0.1, 0.15) is 49.9 Å². The molecule has 10 rings (SSSR count). The molecule has 2 aliphatic rings. The van der Waals surface area contributed by atoms with Gasteiger partial charge in [-0.2, -0.15) is 0 Å². The minimum absolute atomic E-state index is 0.00218. The summed E-state index contributed by atoms with van der Waals surface area (Å²) in [7, 11) is 0. The quantitative estimate of drug-likeness (QED) is 0.170. The summed E-state index contributed by atoms with van der Waals surface area (Å²) in [6.45, 7) is 9.42. The maximum absolute atomic E-state index is 2.45. The van der Waals surface area contributed by atoms with Crippen LogP contribution in [-0.2, 0) is 10.8 Å². The van der Waals surface area contributed by atoms with Crippen molar-refractivity contribution in [3.63, 3.8) is 0 Å². The zero-order valence-electron chi connectivity index (χ0n) is 27.9. The van der Waals surface area contributed by atoms with Gasteiger partial charge in [0.15, 0.2) is 0 Å². The largest absolute Gasteiger partial charge is 0.0619 e. The summed E-state index contributed by atoms with van der Waals surface area (Å²) >= 11 is 0. The Hall–Kier alpha value is -5.46. The van der Waals surface area contributed by atoms with E-state index in [0.717, 1.165) is 0 Å². The van der Waals surface area contributed by atoms with E-state index in [9.17, 15) is 0 Å². The molecule has 0 unspecified atom stereocenters. The molecule has 0 aromatic heterocycles. The summed E-state index contributed by atoms with van der Waals surface area (Å²) in [6, 6.07) is 55.0. The van der Waals surface area contributed by atoms with Crippen LogP contribution in [0, 0.1) is 0 Å². The third-order valence-electron chi connectivity index (χ3n) is 11.7. The number of rotatable bonds is 2. The van der Waals surface area contributed by atoms with Gasteiger partial charge in [-0.3, -0.25) is 0 Å². The second-order valence-corrected chi connectivity index (χ2v) is 15.0. The molecule has 0 atom stereocenters. The minimum atomic E-state index is 0.00218. The summed E-state index contributed by atoms with van der Waals surface area (Å²) in [5.41, 5.74) is 16.2. The molecule has 0 N–H and O–H groups in total. The van der Waals surface area contributed by atoms with Crippen molar-refractivity contribution < 1.29 is 0 Å². The molecule has 2 aliphatic carbocycles. The first-order valence-corrected chi connectivity index (χ1v) is 17.2. The fourth-order valence-electron chi connectivity index (χ4n) is 8.98. The van der Waals surface area contributed by atoms with E-state index >= 15 is 0 Å². The fourth-order valence-corrected chi connectivity index (χ4v) is 8.98. The van der Waals surface area contributed by atoms with Gasteiger partial charge >= 0.3 is 0 Å². The Bertz CT molecular complexity index is 2650. The molecule has 0 heterocycles. The van der Waals surface area contributed by atoms with E-state index in [1.165, 1.54) is 99.1 Å². The van der Waals surface area contributed by atoms with Crippen LogP contribution >= 0.6 is 0 Å². The van der Waals surface area contributed by atoms with Gasteiger partial charge in [0.25, 0.3) is 0 Å². The summed E-state index contributed by atoms with van der Waals surface area (Å²) in [4.78, 5) is 0.